The van der Waals surface area contributed by atoms with Gasteiger partial charge in [-0.3, -0.25) is 0 Å². The van der Waals surface area contributed by atoms with E-state index in [4.69, 9.17) is 0 Å². The van der Waals surface area contributed by atoms with E-state index in [-0.39, 0.29) is 0 Å². The van der Waals surface area contributed by atoms with Crippen LogP contribution in [0.25, 0.3) is 43.8 Å². The quantitative estimate of drug-likeness (QED) is 0.344. The van der Waals surface area contributed by atoms with Crippen LogP contribution in [0.3, 0.4) is 0 Å². The van der Waals surface area contributed by atoms with Gasteiger partial charge in [0.1, 0.15) is 0 Å². The highest BCUT2D eigenvalue weighted by Crippen LogP contribution is 2.49. The summed E-state index contributed by atoms with van der Waals surface area (Å²) in [4.78, 5) is 0. The average molecular weight is 251 g/mol. The van der Waals surface area contributed by atoms with E-state index in [1.807, 2.05) is 6.07 Å². The van der Waals surface area contributed by atoms with Crippen molar-refractivity contribution in [3.05, 3.63) is 72.8 Å². The molecule has 91 valence electrons. The molecule has 1 aliphatic rings. The standard InChI is InChI=1S/C20H11/c1-2-8-15-13(5-1)11-12-17-16-9-3-6-14-7-4-10-18(19(14)16)20(15)17/h1-8,10-12H. The number of hydrogen-bond acceptors (Lipinski definition) is 0. The van der Waals surface area contributed by atoms with Crippen LogP contribution in [-0.2, 0) is 0 Å². The maximum absolute atomic E-state index is 3.43. The van der Waals surface area contributed by atoms with Crippen LogP contribution in [0.4, 0.5) is 0 Å². The zero-order valence-electron chi connectivity index (χ0n) is 10.9. The van der Waals surface area contributed by atoms with Gasteiger partial charge in [0.2, 0.25) is 0 Å². The Bertz CT molecular complexity index is 988. The van der Waals surface area contributed by atoms with E-state index >= 15 is 0 Å². The van der Waals surface area contributed by atoms with Crippen molar-refractivity contribution in [2.75, 3.05) is 0 Å². The fraction of sp³-hybridized carbons (Fsp3) is 0. The van der Waals surface area contributed by atoms with Gasteiger partial charge in [-0.1, -0.05) is 66.7 Å². The number of rotatable bonds is 0. The first-order chi connectivity index (χ1) is 9.93. The highest BCUT2D eigenvalue weighted by atomic mass is 14.2. The fourth-order valence-corrected chi connectivity index (χ4v) is 3.47. The van der Waals surface area contributed by atoms with Crippen molar-refractivity contribution < 1.29 is 0 Å². The molecule has 4 aromatic rings. The molecule has 0 unspecified atom stereocenters. The van der Waals surface area contributed by atoms with Crippen molar-refractivity contribution in [2.24, 2.45) is 0 Å². The lowest BCUT2D eigenvalue weighted by Crippen LogP contribution is -1.80. The van der Waals surface area contributed by atoms with Gasteiger partial charge in [-0.25, -0.2) is 0 Å². The van der Waals surface area contributed by atoms with E-state index in [0.29, 0.717) is 0 Å². The van der Waals surface area contributed by atoms with E-state index in [0.717, 1.165) is 0 Å². The van der Waals surface area contributed by atoms with Crippen molar-refractivity contribution in [3.63, 3.8) is 0 Å². The van der Waals surface area contributed by atoms with Gasteiger partial charge in [-0.15, -0.1) is 0 Å². The van der Waals surface area contributed by atoms with E-state index in [1.165, 1.54) is 43.8 Å². The van der Waals surface area contributed by atoms with Crippen LogP contribution in [0.15, 0.2) is 66.7 Å². The molecule has 0 atom stereocenters. The van der Waals surface area contributed by atoms with E-state index in [1.54, 1.807) is 0 Å². The summed E-state index contributed by atoms with van der Waals surface area (Å²) in [5.41, 5.74) is 5.28. The minimum Gasteiger partial charge on any atom is -0.0616 e. The maximum atomic E-state index is 3.43. The van der Waals surface area contributed by atoms with Crippen molar-refractivity contribution in [2.45, 2.75) is 0 Å². The maximum Gasteiger partial charge on any atom is -0.00139 e. The number of fused-ring (bicyclic) bond motifs is 5. The highest BCUT2D eigenvalue weighted by molar-refractivity contribution is 6.20. The monoisotopic (exact) mass is 251 g/mol. The van der Waals surface area contributed by atoms with Gasteiger partial charge in [0.25, 0.3) is 0 Å². The van der Waals surface area contributed by atoms with E-state index in [2.05, 4.69) is 66.7 Å². The number of benzene rings is 4. The van der Waals surface area contributed by atoms with Crippen LogP contribution >= 0.6 is 0 Å². The molecule has 0 bridgehead atoms. The van der Waals surface area contributed by atoms with Gasteiger partial charge in [0.15, 0.2) is 0 Å². The Morgan fingerprint density at radius 1 is 0.650 bits per heavy atom. The predicted molar refractivity (Wildman–Crippen MR) is 84.7 cm³/mol. The minimum atomic E-state index is 1.25. The molecule has 0 saturated heterocycles. The summed E-state index contributed by atoms with van der Waals surface area (Å²) in [6.07, 6.45) is 0. The third kappa shape index (κ3) is 1.12. The second-order valence-electron chi connectivity index (χ2n) is 5.33. The molecule has 0 aromatic heterocycles. The van der Waals surface area contributed by atoms with Crippen molar-refractivity contribution >= 4 is 21.5 Å². The molecule has 0 heteroatoms. The van der Waals surface area contributed by atoms with Crippen LogP contribution in [0.2, 0.25) is 0 Å². The van der Waals surface area contributed by atoms with E-state index < -0.39 is 0 Å². The average Bonchev–Trinajstić information content (AvgIpc) is 2.85. The lowest BCUT2D eigenvalue weighted by molar-refractivity contribution is 1.72. The van der Waals surface area contributed by atoms with Gasteiger partial charge < -0.3 is 0 Å². The second kappa shape index (κ2) is 3.49. The summed E-state index contributed by atoms with van der Waals surface area (Å²) in [5.74, 6) is 0. The molecule has 0 N–H and O–H groups in total. The first-order valence-corrected chi connectivity index (χ1v) is 6.89. The van der Waals surface area contributed by atoms with Crippen LogP contribution in [-0.4, -0.2) is 0 Å². The van der Waals surface area contributed by atoms with Gasteiger partial charge in [0, 0.05) is 0 Å². The summed E-state index contributed by atoms with van der Waals surface area (Å²) in [6, 6.07) is 27.3. The molecule has 4 aromatic carbocycles. The Balaban J connectivity index is 2.08. The molecule has 1 aliphatic carbocycles. The first kappa shape index (κ1) is 10.2. The predicted octanol–water partition coefficient (Wildman–Crippen LogP) is 5.44. The molecule has 0 aliphatic heterocycles. The Hall–Kier alpha value is -2.60. The molecule has 5 rings (SSSR count). The molecule has 0 heterocycles. The zero-order valence-corrected chi connectivity index (χ0v) is 10.9. The SMILES string of the molecule is [c]1ccc2cccc3c2c1-c1ccc2ccccc2c1-3. The first-order valence-electron chi connectivity index (χ1n) is 6.89. The smallest absolute Gasteiger partial charge is 0.00139 e. The van der Waals surface area contributed by atoms with Crippen LogP contribution in [0.1, 0.15) is 0 Å². The minimum absolute atomic E-state index is 1.25. The fourth-order valence-electron chi connectivity index (χ4n) is 3.47. The summed E-state index contributed by atoms with van der Waals surface area (Å²) < 4.78 is 0. The normalized spacial score (nSPS) is 12.0. The van der Waals surface area contributed by atoms with Gasteiger partial charge in [0.05, 0.1) is 0 Å². The molecule has 0 spiro atoms. The molecule has 0 fully saturated rings. The molecular formula is C20H11. The van der Waals surface area contributed by atoms with Gasteiger partial charge >= 0.3 is 0 Å². The Morgan fingerprint density at radius 2 is 1.55 bits per heavy atom. The van der Waals surface area contributed by atoms with Gasteiger partial charge in [-0.2, -0.15) is 0 Å². The zero-order chi connectivity index (χ0) is 13.1. The van der Waals surface area contributed by atoms with Crippen LogP contribution in [0, 0.1) is 6.07 Å². The largest absolute Gasteiger partial charge is 0.0616 e. The molecule has 1 radical (unpaired) electrons. The van der Waals surface area contributed by atoms with Crippen molar-refractivity contribution in [1.29, 1.82) is 0 Å². The highest BCUT2D eigenvalue weighted by Gasteiger charge is 2.22. The lowest BCUT2D eigenvalue weighted by atomic mass is 9.97. The summed E-state index contributed by atoms with van der Waals surface area (Å²) >= 11 is 0. The third-order valence-corrected chi connectivity index (χ3v) is 4.30. The molecule has 20 heavy (non-hydrogen) atoms. The van der Waals surface area contributed by atoms with Crippen LogP contribution in [0.5, 0.6) is 0 Å². The second-order valence-corrected chi connectivity index (χ2v) is 5.33. The molecule has 0 saturated carbocycles. The number of hydrogen-bond donors (Lipinski definition) is 0. The van der Waals surface area contributed by atoms with Crippen molar-refractivity contribution in [3.8, 4) is 22.3 Å². The Labute approximate surface area is 117 Å². The Kier molecular flexibility index (Phi) is 1.78. The van der Waals surface area contributed by atoms with E-state index in [9.17, 15) is 0 Å². The lowest BCUT2D eigenvalue weighted by Gasteiger charge is -2.06. The Morgan fingerprint density at radius 3 is 2.55 bits per heavy atom. The summed E-state index contributed by atoms with van der Waals surface area (Å²) in [7, 11) is 0. The van der Waals surface area contributed by atoms with Gasteiger partial charge in [-0.05, 0) is 49.9 Å². The molecule has 0 nitrogen and oxygen atoms in total. The summed E-state index contributed by atoms with van der Waals surface area (Å²) in [5, 5.41) is 5.29. The summed E-state index contributed by atoms with van der Waals surface area (Å²) in [6.45, 7) is 0. The topological polar surface area (TPSA) is 0 Å². The van der Waals surface area contributed by atoms with Crippen LogP contribution < -0.4 is 0 Å². The molecular weight excluding hydrogens is 240 g/mol. The molecule has 0 amide bonds. The third-order valence-electron chi connectivity index (χ3n) is 4.30. The van der Waals surface area contributed by atoms with Crippen molar-refractivity contribution in [1.82, 2.24) is 0 Å².